The molecule has 1 aromatic carbocycles. The minimum Gasteiger partial charge on any atom is -0.497 e. The molecular weight excluding hydrogens is 228 g/mol. The molecule has 0 radical (unpaired) electrons. The largest absolute Gasteiger partial charge is 0.497 e. The molecule has 4 nitrogen and oxygen atoms in total. The highest BCUT2D eigenvalue weighted by molar-refractivity contribution is 7.86. The van der Waals surface area contributed by atoms with E-state index in [-0.39, 0.29) is 11.5 Å². The van der Waals surface area contributed by atoms with Gasteiger partial charge in [0.2, 0.25) is 0 Å². The summed E-state index contributed by atoms with van der Waals surface area (Å²) in [7, 11) is -2.08. The van der Waals surface area contributed by atoms with Gasteiger partial charge in [-0.1, -0.05) is 13.3 Å². The standard InChI is InChI=1S/C11H16O4S/c1-3-4-9-15-16(12,13)11-7-5-10(14-2)6-8-11/h5-8H,3-4,9H2,1-2H3. The second kappa shape index (κ2) is 5.86. The number of hydrogen-bond acceptors (Lipinski definition) is 4. The topological polar surface area (TPSA) is 52.6 Å². The van der Waals surface area contributed by atoms with E-state index in [1.807, 2.05) is 6.92 Å². The monoisotopic (exact) mass is 244 g/mol. The Morgan fingerprint density at radius 2 is 1.81 bits per heavy atom. The molecule has 0 saturated carbocycles. The molecule has 1 aromatic rings. The molecule has 0 aliphatic rings. The molecule has 0 saturated heterocycles. The van der Waals surface area contributed by atoms with E-state index in [1.54, 1.807) is 12.1 Å². The van der Waals surface area contributed by atoms with Crippen LogP contribution in [0.25, 0.3) is 0 Å². The van der Waals surface area contributed by atoms with Crippen molar-refractivity contribution in [1.29, 1.82) is 0 Å². The smallest absolute Gasteiger partial charge is 0.296 e. The molecule has 0 atom stereocenters. The van der Waals surface area contributed by atoms with Crippen LogP contribution >= 0.6 is 0 Å². The van der Waals surface area contributed by atoms with Gasteiger partial charge in [-0.2, -0.15) is 8.42 Å². The summed E-state index contributed by atoms with van der Waals surface area (Å²) in [5, 5.41) is 0. The summed E-state index contributed by atoms with van der Waals surface area (Å²) < 4.78 is 33.1. The Bertz CT molecular complexity index is 408. The zero-order valence-corrected chi connectivity index (χ0v) is 10.3. The number of unbranched alkanes of at least 4 members (excludes halogenated alkanes) is 1. The second-order valence-corrected chi connectivity index (χ2v) is 4.92. The van der Waals surface area contributed by atoms with Gasteiger partial charge in [-0.3, -0.25) is 4.18 Å². The van der Waals surface area contributed by atoms with Gasteiger partial charge in [0.15, 0.2) is 0 Å². The quantitative estimate of drug-likeness (QED) is 0.568. The minimum atomic E-state index is -3.61. The first kappa shape index (κ1) is 13.0. The third-order valence-electron chi connectivity index (χ3n) is 2.08. The Balaban J connectivity index is 2.74. The summed E-state index contributed by atoms with van der Waals surface area (Å²) in [6.07, 6.45) is 1.63. The van der Waals surface area contributed by atoms with Gasteiger partial charge < -0.3 is 4.74 Å². The molecule has 0 spiro atoms. The lowest BCUT2D eigenvalue weighted by Crippen LogP contribution is -2.07. The molecule has 0 amide bonds. The van der Waals surface area contributed by atoms with Crippen LogP contribution in [0.1, 0.15) is 19.8 Å². The fourth-order valence-corrected chi connectivity index (χ4v) is 2.07. The number of hydrogen-bond donors (Lipinski definition) is 0. The molecular formula is C11H16O4S. The summed E-state index contributed by atoms with van der Waals surface area (Å²) in [5.74, 6) is 0.618. The Kier molecular flexibility index (Phi) is 4.76. The molecule has 5 heteroatoms. The molecule has 90 valence electrons. The highest BCUT2D eigenvalue weighted by Gasteiger charge is 2.14. The maximum absolute atomic E-state index is 11.6. The summed E-state index contributed by atoms with van der Waals surface area (Å²) in [4.78, 5) is 0.157. The maximum atomic E-state index is 11.6. The zero-order chi connectivity index (χ0) is 12.0. The van der Waals surface area contributed by atoms with Crippen LogP contribution in [0.4, 0.5) is 0 Å². The lowest BCUT2D eigenvalue weighted by molar-refractivity contribution is 0.311. The van der Waals surface area contributed by atoms with E-state index < -0.39 is 10.1 Å². The average Bonchev–Trinajstić information content (AvgIpc) is 2.29. The maximum Gasteiger partial charge on any atom is 0.296 e. The third-order valence-corrected chi connectivity index (χ3v) is 3.41. The fraction of sp³-hybridized carbons (Fsp3) is 0.455. The van der Waals surface area contributed by atoms with Crippen molar-refractivity contribution in [3.8, 4) is 5.75 Å². The van der Waals surface area contributed by atoms with Gasteiger partial charge in [-0.25, -0.2) is 0 Å². The number of benzene rings is 1. The highest BCUT2D eigenvalue weighted by Crippen LogP contribution is 2.17. The molecule has 0 unspecified atom stereocenters. The van der Waals surface area contributed by atoms with Gasteiger partial charge in [0, 0.05) is 0 Å². The van der Waals surface area contributed by atoms with Crippen molar-refractivity contribution in [2.75, 3.05) is 13.7 Å². The number of ether oxygens (including phenoxy) is 1. The van der Waals surface area contributed by atoms with Gasteiger partial charge >= 0.3 is 0 Å². The predicted molar refractivity (Wildman–Crippen MR) is 61.0 cm³/mol. The van der Waals surface area contributed by atoms with E-state index in [9.17, 15) is 8.42 Å². The normalized spacial score (nSPS) is 11.4. The van der Waals surface area contributed by atoms with Crippen LogP contribution in [-0.2, 0) is 14.3 Å². The number of rotatable bonds is 6. The molecule has 0 N–H and O–H groups in total. The van der Waals surface area contributed by atoms with Crippen LogP contribution < -0.4 is 4.74 Å². The van der Waals surface area contributed by atoms with Crippen LogP contribution in [0.5, 0.6) is 5.75 Å². The Hall–Kier alpha value is -1.07. The molecule has 0 fully saturated rings. The molecule has 0 bridgehead atoms. The summed E-state index contributed by atoms with van der Waals surface area (Å²) >= 11 is 0. The van der Waals surface area contributed by atoms with E-state index in [2.05, 4.69) is 0 Å². The minimum absolute atomic E-state index is 0.157. The first-order chi connectivity index (χ1) is 7.60. The van der Waals surface area contributed by atoms with E-state index in [0.29, 0.717) is 5.75 Å². The van der Waals surface area contributed by atoms with E-state index in [4.69, 9.17) is 8.92 Å². The lowest BCUT2D eigenvalue weighted by Gasteiger charge is -2.05. The van der Waals surface area contributed by atoms with Crippen molar-refractivity contribution < 1.29 is 17.3 Å². The highest BCUT2D eigenvalue weighted by atomic mass is 32.2. The van der Waals surface area contributed by atoms with Crippen molar-refractivity contribution in [3.63, 3.8) is 0 Å². The van der Waals surface area contributed by atoms with Crippen LogP contribution in [0.3, 0.4) is 0 Å². The van der Waals surface area contributed by atoms with Gasteiger partial charge in [-0.05, 0) is 30.7 Å². The second-order valence-electron chi connectivity index (χ2n) is 3.31. The van der Waals surface area contributed by atoms with E-state index in [1.165, 1.54) is 19.2 Å². The van der Waals surface area contributed by atoms with Crippen LogP contribution in [0.2, 0.25) is 0 Å². The molecule has 1 rings (SSSR count). The Morgan fingerprint density at radius 3 is 2.31 bits per heavy atom. The molecule has 0 aromatic heterocycles. The average molecular weight is 244 g/mol. The predicted octanol–water partition coefficient (Wildman–Crippen LogP) is 2.20. The molecule has 16 heavy (non-hydrogen) atoms. The summed E-state index contributed by atoms with van der Waals surface area (Å²) in [6.45, 7) is 2.20. The van der Waals surface area contributed by atoms with Crippen molar-refractivity contribution in [2.24, 2.45) is 0 Å². The fourth-order valence-electron chi connectivity index (χ4n) is 1.12. The van der Waals surface area contributed by atoms with Gasteiger partial charge in [0.05, 0.1) is 18.6 Å². The van der Waals surface area contributed by atoms with Gasteiger partial charge in [-0.15, -0.1) is 0 Å². The zero-order valence-electron chi connectivity index (χ0n) is 9.47. The van der Waals surface area contributed by atoms with Gasteiger partial charge in [0.1, 0.15) is 5.75 Å². The van der Waals surface area contributed by atoms with Crippen molar-refractivity contribution in [3.05, 3.63) is 24.3 Å². The number of methoxy groups -OCH3 is 1. The van der Waals surface area contributed by atoms with Crippen molar-refractivity contribution in [2.45, 2.75) is 24.7 Å². The van der Waals surface area contributed by atoms with E-state index in [0.717, 1.165) is 12.8 Å². The summed E-state index contributed by atoms with van der Waals surface area (Å²) in [6, 6.07) is 6.13. The Morgan fingerprint density at radius 1 is 1.19 bits per heavy atom. The first-order valence-corrected chi connectivity index (χ1v) is 6.54. The van der Waals surface area contributed by atoms with Crippen LogP contribution in [0.15, 0.2) is 29.2 Å². The van der Waals surface area contributed by atoms with Gasteiger partial charge in [0.25, 0.3) is 10.1 Å². The SMILES string of the molecule is CCCCOS(=O)(=O)c1ccc(OC)cc1. The molecule has 0 aliphatic heterocycles. The van der Waals surface area contributed by atoms with Crippen molar-refractivity contribution >= 4 is 10.1 Å². The first-order valence-electron chi connectivity index (χ1n) is 5.13. The van der Waals surface area contributed by atoms with E-state index >= 15 is 0 Å². The molecule has 0 heterocycles. The lowest BCUT2D eigenvalue weighted by atomic mass is 10.3. The third kappa shape index (κ3) is 3.50. The summed E-state index contributed by atoms with van der Waals surface area (Å²) in [5.41, 5.74) is 0. The van der Waals surface area contributed by atoms with Crippen LogP contribution in [0, 0.1) is 0 Å². The van der Waals surface area contributed by atoms with Crippen molar-refractivity contribution in [1.82, 2.24) is 0 Å². The van der Waals surface area contributed by atoms with Crippen LogP contribution in [-0.4, -0.2) is 22.1 Å². The molecule has 0 aliphatic carbocycles. The Labute approximate surface area is 96.3 Å².